The summed E-state index contributed by atoms with van der Waals surface area (Å²) in [7, 11) is 0. The molecule has 1 atom stereocenters. The molecular formula is C15H12F3NO. The van der Waals surface area contributed by atoms with E-state index in [-0.39, 0.29) is 11.1 Å². The van der Waals surface area contributed by atoms with Crippen LogP contribution in [-0.2, 0) is 4.79 Å². The molecule has 0 spiro atoms. The molecule has 0 aromatic heterocycles. The van der Waals surface area contributed by atoms with E-state index in [2.05, 4.69) is 0 Å². The molecule has 1 unspecified atom stereocenters. The average molecular weight is 279 g/mol. The number of rotatable bonds is 3. The lowest BCUT2D eigenvalue weighted by Crippen LogP contribution is -2.18. The van der Waals surface area contributed by atoms with Gasteiger partial charge >= 0.3 is 0 Å². The molecule has 2 N–H and O–H groups in total. The Morgan fingerprint density at radius 1 is 1.00 bits per heavy atom. The van der Waals surface area contributed by atoms with Gasteiger partial charge in [0.25, 0.3) is 0 Å². The molecule has 0 fully saturated rings. The Morgan fingerprint density at radius 3 is 2.05 bits per heavy atom. The molecule has 1 amide bonds. The molecule has 0 saturated heterocycles. The van der Waals surface area contributed by atoms with E-state index in [9.17, 15) is 18.0 Å². The van der Waals surface area contributed by atoms with Crippen molar-refractivity contribution in [1.82, 2.24) is 0 Å². The van der Waals surface area contributed by atoms with E-state index in [0.29, 0.717) is 11.6 Å². The second-order valence-corrected chi connectivity index (χ2v) is 4.49. The highest BCUT2D eigenvalue weighted by Gasteiger charge is 2.16. The van der Waals surface area contributed by atoms with Crippen molar-refractivity contribution in [2.75, 3.05) is 0 Å². The monoisotopic (exact) mass is 279 g/mol. The Balaban J connectivity index is 2.47. The van der Waals surface area contributed by atoms with Gasteiger partial charge in [0.05, 0.1) is 5.92 Å². The number of amides is 1. The van der Waals surface area contributed by atoms with Crippen molar-refractivity contribution in [3.63, 3.8) is 0 Å². The van der Waals surface area contributed by atoms with Crippen LogP contribution in [0.4, 0.5) is 13.2 Å². The fraction of sp³-hybridized carbons (Fsp3) is 0.133. The third-order valence-electron chi connectivity index (χ3n) is 3.14. The maximum Gasteiger partial charge on any atom is 0.224 e. The van der Waals surface area contributed by atoms with Crippen LogP contribution in [0.3, 0.4) is 0 Å². The van der Waals surface area contributed by atoms with Crippen LogP contribution in [0.25, 0.3) is 11.1 Å². The molecule has 2 aromatic carbocycles. The van der Waals surface area contributed by atoms with Crippen molar-refractivity contribution >= 4 is 5.91 Å². The summed E-state index contributed by atoms with van der Waals surface area (Å²) in [6.45, 7) is 1.55. The predicted octanol–water partition coefficient (Wildman–Crippen LogP) is 3.36. The highest BCUT2D eigenvalue weighted by Crippen LogP contribution is 2.28. The Hall–Kier alpha value is -2.30. The Labute approximate surface area is 114 Å². The van der Waals surface area contributed by atoms with Gasteiger partial charge in [-0.2, -0.15) is 0 Å². The van der Waals surface area contributed by atoms with Crippen molar-refractivity contribution in [2.45, 2.75) is 12.8 Å². The number of halogens is 3. The SMILES string of the molecule is CC(C(N)=O)c1ccc(-c2ccc(F)cc2F)c(F)c1. The van der Waals surface area contributed by atoms with Crippen LogP contribution in [0, 0.1) is 17.5 Å². The van der Waals surface area contributed by atoms with Crippen LogP contribution in [0.2, 0.25) is 0 Å². The molecule has 0 aliphatic rings. The van der Waals surface area contributed by atoms with Gasteiger partial charge in [0.15, 0.2) is 0 Å². The maximum absolute atomic E-state index is 14.0. The van der Waals surface area contributed by atoms with Gasteiger partial charge in [-0.1, -0.05) is 12.1 Å². The molecule has 2 rings (SSSR count). The standard InChI is InChI=1S/C15H12F3NO/c1-8(15(19)20)9-2-4-11(13(17)6-9)12-5-3-10(16)7-14(12)18/h2-8H,1H3,(H2,19,20). The molecule has 0 aliphatic heterocycles. The van der Waals surface area contributed by atoms with Gasteiger partial charge in [-0.15, -0.1) is 0 Å². The summed E-state index contributed by atoms with van der Waals surface area (Å²) >= 11 is 0. The van der Waals surface area contributed by atoms with E-state index < -0.39 is 29.3 Å². The first-order valence-corrected chi connectivity index (χ1v) is 5.94. The first-order valence-electron chi connectivity index (χ1n) is 5.94. The smallest absolute Gasteiger partial charge is 0.224 e. The van der Waals surface area contributed by atoms with Crippen molar-refractivity contribution in [2.24, 2.45) is 5.73 Å². The highest BCUT2D eigenvalue weighted by atomic mass is 19.1. The molecule has 5 heteroatoms. The summed E-state index contributed by atoms with van der Waals surface area (Å²) in [5, 5.41) is 0. The average Bonchev–Trinajstić information content (AvgIpc) is 2.38. The molecule has 2 nitrogen and oxygen atoms in total. The van der Waals surface area contributed by atoms with Crippen LogP contribution in [0.15, 0.2) is 36.4 Å². The van der Waals surface area contributed by atoms with Crippen molar-refractivity contribution < 1.29 is 18.0 Å². The van der Waals surface area contributed by atoms with Crippen LogP contribution in [0.1, 0.15) is 18.4 Å². The first-order chi connectivity index (χ1) is 9.40. The van der Waals surface area contributed by atoms with E-state index in [1.165, 1.54) is 18.2 Å². The summed E-state index contributed by atoms with van der Waals surface area (Å²) in [6.07, 6.45) is 0. The van der Waals surface area contributed by atoms with Crippen molar-refractivity contribution in [3.05, 3.63) is 59.4 Å². The fourth-order valence-electron chi connectivity index (χ4n) is 1.89. The van der Waals surface area contributed by atoms with Crippen LogP contribution >= 0.6 is 0 Å². The van der Waals surface area contributed by atoms with Gasteiger partial charge in [0, 0.05) is 17.2 Å². The summed E-state index contributed by atoms with van der Waals surface area (Å²) in [6, 6.07) is 6.89. The quantitative estimate of drug-likeness (QED) is 0.919. The Morgan fingerprint density at radius 2 is 1.55 bits per heavy atom. The van der Waals surface area contributed by atoms with Gasteiger partial charge < -0.3 is 5.73 Å². The molecule has 0 aliphatic carbocycles. The second kappa shape index (κ2) is 5.36. The lowest BCUT2D eigenvalue weighted by Gasteiger charge is -2.10. The molecule has 0 heterocycles. The highest BCUT2D eigenvalue weighted by molar-refractivity contribution is 5.81. The molecule has 0 bridgehead atoms. The molecule has 0 saturated carbocycles. The Bertz CT molecular complexity index is 670. The van der Waals surface area contributed by atoms with Gasteiger partial charge in [-0.05, 0) is 30.7 Å². The molecule has 20 heavy (non-hydrogen) atoms. The predicted molar refractivity (Wildman–Crippen MR) is 69.4 cm³/mol. The van der Waals surface area contributed by atoms with Crippen molar-refractivity contribution in [1.29, 1.82) is 0 Å². The minimum Gasteiger partial charge on any atom is -0.369 e. The number of benzene rings is 2. The van der Waals surface area contributed by atoms with E-state index >= 15 is 0 Å². The number of hydrogen-bond donors (Lipinski definition) is 1. The van der Waals surface area contributed by atoms with Gasteiger partial charge in [0.1, 0.15) is 17.5 Å². The summed E-state index contributed by atoms with van der Waals surface area (Å²) in [5.74, 6) is -3.49. The van der Waals surface area contributed by atoms with E-state index in [1.807, 2.05) is 0 Å². The third-order valence-corrected chi connectivity index (χ3v) is 3.14. The number of primary amides is 1. The summed E-state index contributed by atoms with van der Waals surface area (Å²) < 4.78 is 40.5. The van der Waals surface area contributed by atoms with E-state index in [4.69, 9.17) is 5.73 Å². The second-order valence-electron chi connectivity index (χ2n) is 4.49. The first kappa shape index (κ1) is 14.1. The fourth-order valence-corrected chi connectivity index (χ4v) is 1.89. The van der Waals surface area contributed by atoms with E-state index in [0.717, 1.165) is 12.1 Å². The van der Waals surface area contributed by atoms with Crippen molar-refractivity contribution in [3.8, 4) is 11.1 Å². The van der Waals surface area contributed by atoms with Gasteiger partial charge in [-0.25, -0.2) is 13.2 Å². The van der Waals surface area contributed by atoms with Crippen LogP contribution in [-0.4, -0.2) is 5.91 Å². The zero-order chi connectivity index (χ0) is 14.9. The molecular weight excluding hydrogens is 267 g/mol. The van der Waals surface area contributed by atoms with Gasteiger partial charge in [-0.3, -0.25) is 4.79 Å². The topological polar surface area (TPSA) is 43.1 Å². The number of hydrogen-bond acceptors (Lipinski definition) is 1. The number of carbonyl (C=O) groups excluding carboxylic acids is 1. The summed E-state index contributed by atoms with van der Waals surface area (Å²) in [4.78, 5) is 11.1. The minimum absolute atomic E-state index is 0.00270. The van der Waals surface area contributed by atoms with Gasteiger partial charge in [0.2, 0.25) is 5.91 Å². The minimum atomic E-state index is -0.848. The maximum atomic E-state index is 14.0. The lowest BCUT2D eigenvalue weighted by molar-refractivity contribution is -0.119. The largest absolute Gasteiger partial charge is 0.369 e. The molecule has 2 aromatic rings. The Kier molecular flexibility index (Phi) is 3.79. The normalized spacial score (nSPS) is 12.2. The molecule has 104 valence electrons. The van der Waals surface area contributed by atoms with E-state index in [1.54, 1.807) is 6.92 Å². The zero-order valence-electron chi connectivity index (χ0n) is 10.7. The van der Waals surface area contributed by atoms with Crippen LogP contribution in [0.5, 0.6) is 0 Å². The molecule has 0 radical (unpaired) electrons. The zero-order valence-corrected chi connectivity index (χ0v) is 10.7. The number of nitrogens with two attached hydrogens (primary N) is 1. The summed E-state index contributed by atoms with van der Waals surface area (Å²) in [5.41, 5.74) is 5.51. The lowest BCUT2D eigenvalue weighted by atomic mass is 9.96. The third kappa shape index (κ3) is 2.66. The number of carbonyl (C=O) groups is 1. The van der Waals surface area contributed by atoms with Crippen LogP contribution < -0.4 is 5.73 Å².